The lowest BCUT2D eigenvalue weighted by Crippen LogP contribution is -2.32. The first-order valence-corrected chi connectivity index (χ1v) is 15.7. The quantitative estimate of drug-likeness (QED) is 0.221. The maximum Gasteiger partial charge on any atom is 0.208 e. The SMILES string of the molecule is C1=C(c2ccccc2)NC(n2c3ccccc3c3ccc(-c4ccccc4)cc32)=NC1c1cccc2c1sc1ccccc12. The second-order valence-electron chi connectivity index (χ2n) is 11.2. The fourth-order valence-electron chi connectivity index (χ4n) is 6.59. The minimum absolute atomic E-state index is 0.160. The van der Waals surface area contributed by atoms with Gasteiger partial charge in [-0.1, -0.05) is 127 Å². The van der Waals surface area contributed by atoms with E-state index in [2.05, 4.69) is 162 Å². The number of rotatable bonds is 3. The molecule has 3 nitrogen and oxygen atoms in total. The van der Waals surface area contributed by atoms with Gasteiger partial charge in [0.05, 0.1) is 11.0 Å². The Kier molecular flexibility index (Phi) is 5.75. The average molecular weight is 582 g/mol. The predicted molar refractivity (Wildman–Crippen MR) is 187 cm³/mol. The number of nitrogens with one attached hydrogen (secondary N) is 1. The van der Waals surface area contributed by atoms with Gasteiger partial charge in [0.2, 0.25) is 5.96 Å². The van der Waals surface area contributed by atoms with Gasteiger partial charge in [0, 0.05) is 36.6 Å². The van der Waals surface area contributed by atoms with Crippen molar-refractivity contribution in [2.45, 2.75) is 6.04 Å². The second kappa shape index (κ2) is 10.1. The van der Waals surface area contributed by atoms with Crippen molar-refractivity contribution in [2.75, 3.05) is 0 Å². The van der Waals surface area contributed by atoms with Crippen LogP contribution >= 0.6 is 11.3 Å². The lowest BCUT2D eigenvalue weighted by atomic mass is 10.00. The molecule has 0 aliphatic carbocycles. The molecule has 0 amide bonds. The molecule has 1 aliphatic heterocycles. The van der Waals surface area contributed by atoms with Crippen LogP contribution in [0.4, 0.5) is 0 Å². The molecule has 0 saturated heterocycles. The third kappa shape index (κ3) is 3.99. The van der Waals surface area contributed by atoms with Gasteiger partial charge in [0.15, 0.2) is 0 Å². The number of benzene rings is 6. The number of aliphatic imine (C=N–C) groups is 1. The first-order valence-electron chi connectivity index (χ1n) is 14.9. The van der Waals surface area contributed by atoms with Crippen LogP contribution in [0.2, 0.25) is 0 Å². The van der Waals surface area contributed by atoms with E-state index in [1.54, 1.807) is 0 Å². The molecule has 44 heavy (non-hydrogen) atoms. The van der Waals surface area contributed by atoms with E-state index in [1.807, 2.05) is 11.3 Å². The van der Waals surface area contributed by atoms with Gasteiger partial charge in [-0.2, -0.15) is 0 Å². The summed E-state index contributed by atoms with van der Waals surface area (Å²) in [5, 5.41) is 8.78. The molecule has 6 aromatic carbocycles. The molecular weight excluding hydrogens is 555 g/mol. The van der Waals surface area contributed by atoms with Gasteiger partial charge >= 0.3 is 0 Å². The van der Waals surface area contributed by atoms with E-state index in [9.17, 15) is 0 Å². The molecule has 1 N–H and O–H groups in total. The molecule has 0 bridgehead atoms. The highest BCUT2D eigenvalue weighted by atomic mass is 32.1. The number of aromatic nitrogens is 1. The summed E-state index contributed by atoms with van der Waals surface area (Å²) in [5.41, 5.74) is 8.07. The van der Waals surface area contributed by atoms with E-state index in [4.69, 9.17) is 4.99 Å². The normalized spacial score (nSPS) is 15.0. The highest BCUT2D eigenvalue weighted by molar-refractivity contribution is 7.26. The molecule has 9 rings (SSSR count). The zero-order valence-corrected chi connectivity index (χ0v) is 24.6. The molecule has 2 aromatic heterocycles. The molecule has 3 heterocycles. The smallest absolute Gasteiger partial charge is 0.208 e. The molecule has 1 unspecified atom stereocenters. The van der Waals surface area contributed by atoms with Gasteiger partial charge in [-0.25, -0.2) is 4.99 Å². The minimum Gasteiger partial charge on any atom is -0.325 e. The standard InChI is InChI=1S/C40H27N3S/c1-3-12-26(13-4-1)28-22-23-30-29-16-7-9-20-36(29)43(37(30)24-28)40-41-34(27-14-5-2-6-15-27)25-35(42-40)33-19-11-18-32-31-17-8-10-21-38(31)44-39(32)33/h1-25,35H,(H,41,42). The van der Waals surface area contributed by atoms with Crippen LogP contribution in [0.1, 0.15) is 17.2 Å². The largest absolute Gasteiger partial charge is 0.325 e. The van der Waals surface area contributed by atoms with E-state index in [1.165, 1.54) is 47.6 Å². The maximum absolute atomic E-state index is 5.49. The number of nitrogens with zero attached hydrogens (tertiary/aromatic N) is 2. The molecule has 0 radical (unpaired) electrons. The number of para-hydroxylation sites is 1. The van der Waals surface area contributed by atoms with Crippen LogP contribution in [0, 0.1) is 0 Å². The van der Waals surface area contributed by atoms with Gasteiger partial charge in [-0.15, -0.1) is 11.3 Å². The van der Waals surface area contributed by atoms with Gasteiger partial charge in [-0.3, -0.25) is 4.57 Å². The third-order valence-corrected chi connectivity index (χ3v) is 9.90. The van der Waals surface area contributed by atoms with Crippen LogP contribution in [-0.2, 0) is 0 Å². The van der Waals surface area contributed by atoms with Crippen LogP contribution in [0.15, 0.2) is 157 Å². The Morgan fingerprint density at radius 2 is 1.23 bits per heavy atom. The van der Waals surface area contributed by atoms with E-state index in [0.717, 1.165) is 28.3 Å². The Balaban J connectivity index is 1.30. The van der Waals surface area contributed by atoms with Gasteiger partial charge in [-0.05, 0) is 46.5 Å². The van der Waals surface area contributed by atoms with Gasteiger partial charge in [0.1, 0.15) is 6.04 Å². The summed E-state index contributed by atoms with van der Waals surface area (Å²) in [6.45, 7) is 0. The van der Waals surface area contributed by atoms with Crippen LogP contribution in [0.5, 0.6) is 0 Å². The fourth-order valence-corrected chi connectivity index (χ4v) is 7.84. The third-order valence-electron chi connectivity index (χ3n) is 8.66. The van der Waals surface area contributed by atoms with Gasteiger partial charge < -0.3 is 5.32 Å². The second-order valence-corrected chi connectivity index (χ2v) is 12.3. The summed E-state index contributed by atoms with van der Waals surface area (Å²) in [6, 6.07) is 51.8. The summed E-state index contributed by atoms with van der Waals surface area (Å²) >= 11 is 1.86. The highest BCUT2D eigenvalue weighted by Crippen LogP contribution is 2.41. The predicted octanol–water partition coefficient (Wildman–Crippen LogP) is 10.4. The first kappa shape index (κ1) is 25.1. The van der Waals surface area contributed by atoms with E-state index in [0.29, 0.717) is 0 Å². The topological polar surface area (TPSA) is 29.3 Å². The van der Waals surface area contributed by atoms with Crippen molar-refractivity contribution in [3.8, 4) is 11.1 Å². The van der Waals surface area contributed by atoms with Crippen LogP contribution < -0.4 is 5.32 Å². The molecule has 1 aliphatic rings. The zero-order chi connectivity index (χ0) is 29.0. The summed E-state index contributed by atoms with van der Waals surface area (Å²) in [4.78, 5) is 5.49. The Morgan fingerprint density at radius 3 is 2.07 bits per heavy atom. The molecule has 1 atom stereocenters. The Labute approximate surface area is 259 Å². The summed E-state index contributed by atoms with van der Waals surface area (Å²) in [5.74, 6) is 0.825. The van der Waals surface area contributed by atoms with Crippen molar-refractivity contribution >= 4 is 65.0 Å². The summed E-state index contributed by atoms with van der Waals surface area (Å²) in [7, 11) is 0. The molecule has 4 heteroatoms. The van der Waals surface area contributed by atoms with Crippen molar-refractivity contribution in [1.82, 2.24) is 9.88 Å². The molecule has 8 aromatic rings. The average Bonchev–Trinajstić information content (AvgIpc) is 3.64. The monoisotopic (exact) mass is 581 g/mol. The Bertz CT molecular complexity index is 2410. The molecule has 0 saturated carbocycles. The number of hydrogen-bond acceptors (Lipinski definition) is 3. The minimum atomic E-state index is -0.160. The maximum atomic E-state index is 5.49. The van der Waals surface area contributed by atoms with E-state index < -0.39 is 0 Å². The van der Waals surface area contributed by atoms with Crippen LogP contribution in [0.25, 0.3) is 58.8 Å². The van der Waals surface area contributed by atoms with Crippen molar-refractivity contribution in [3.05, 3.63) is 163 Å². The fraction of sp³-hybridized carbons (Fsp3) is 0.0250. The Hall–Kier alpha value is -5.45. The molecule has 0 fully saturated rings. The van der Waals surface area contributed by atoms with Crippen molar-refractivity contribution in [3.63, 3.8) is 0 Å². The molecule has 208 valence electrons. The van der Waals surface area contributed by atoms with Gasteiger partial charge in [0.25, 0.3) is 0 Å². The highest BCUT2D eigenvalue weighted by Gasteiger charge is 2.24. The van der Waals surface area contributed by atoms with Crippen molar-refractivity contribution in [2.24, 2.45) is 4.99 Å². The lowest BCUT2D eigenvalue weighted by molar-refractivity contribution is 0.868. The zero-order valence-electron chi connectivity index (χ0n) is 23.8. The summed E-state index contributed by atoms with van der Waals surface area (Å²) in [6.07, 6.45) is 2.28. The molecule has 0 spiro atoms. The van der Waals surface area contributed by atoms with Crippen molar-refractivity contribution in [1.29, 1.82) is 0 Å². The van der Waals surface area contributed by atoms with E-state index >= 15 is 0 Å². The van der Waals surface area contributed by atoms with Crippen molar-refractivity contribution < 1.29 is 0 Å². The van der Waals surface area contributed by atoms with Crippen LogP contribution in [-0.4, -0.2) is 10.5 Å². The number of thiophene rings is 1. The first-order chi connectivity index (χ1) is 21.8. The number of hydrogen-bond donors (Lipinski definition) is 1. The van der Waals surface area contributed by atoms with E-state index in [-0.39, 0.29) is 6.04 Å². The summed E-state index contributed by atoms with van der Waals surface area (Å²) < 4.78 is 4.91. The number of fused-ring (bicyclic) bond motifs is 6. The lowest BCUT2D eigenvalue weighted by Gasteiger charge is -2.24. The molecular formula is C40H27N3S. The Morgan fingerprint density at radius 1 is 0.545 bits per heavy atom. The van der Waals surface area contributed by atoms with Crippen LogP contribution in [0.3, 0.4) is 0 Å².